The highest BCUT2D eigenvalue weighted by Gasteiger charge is 2.30. The number of nitrogens with zero attached hydrogens (tertiary/aromatic N) is 1. The van der Waals surface area contributed by atoms with E-state index in [1.807, 2.05) is 79.7 Å². The Morgan fingerprint density at radius 3 is 2.65 bits per heavy atom. The van der Waals surface area contributed by atoms with E-state index in [9.17, 15) is 9.59 Å². The third kappa shape index (κ3) is 6.31. The summed E-state index contributed by atoms with van der Waals surface area (Å²) in [5.41, 5.74) is 4.51. The summed E-state index contributed by atoms with van der Waals surface area (Å²) >= 11 is 1.46. The maximum atomic E-state index is 13.7. The lowest BCUT2D eigenvalue weighted by Gasteiger charge is -2.31. The van der Waals surface area contributed by atoms with Gasteiger partial charge in [-0.15, -0.1) is 0 Å². The fourth-order valence-corrected chi connectivity index (χ4v) is 5.71. The highest BCUT2D eigenvalue weighted by Crippen LogP contribution is 2.43. The number of rotatable bonds is 7. The molecule has 0 radical (unpaired) electrons. The summed E-state index contributed by atoms with van der Waals surface area (Å²) in [6.07, 6.45) is 1.94. The van der Waals surface area contributed by atoms with Crippen LogP contribution >= 0.6 is 11.8 Å². The second-order valence-electron chi connectivity index (χ2n) is 9.45. The van der Waals surface area contributed by atoms with Crippen molar-refractivity contribution in [3.05, 3.63) is 100.0 Å². The van der Waals surface area contributed by atoms with E-state index in [4.69, 9.17) is 4.74 Å². The molecular formula is C30H32N3O3S+. The molecule has 190 valence electrons. The van der Waals surface area contributed by atoms with Crippen molar-refractivity contribution in [2.75, 3.05) is 44.3 Å². The number of morpholine rings is 1. The summed E-state index contributed by atoms with van der Waals surface area (Å²) in [5.74, 6) is -0.176. The van der Waals surface area contributed by atoms with E-state index in [-0.39, 0.29) is 11.8 Å². The van der Waals surface area contributed by atoms with Crippen LogP contribution in [0.2, 0.25) is 0 Å². The molecule has 7 heteroatoms. The maximum Gasteiger partial charge on any atom is 0.265 e. The van der Waals surface area contributed by atoms with Gasteiger partial charge in [-0.1, -0.05) is 71.9 Å². The lowest BCUT2D eigenvalue weighted by atomic mass is 10.1. The standard InChI is InChI=1S/C30H31N3O3S/c1-22-6-5-9-24(18-22)21-33-26-20-25(29(34)31-12-13-32-14-16-36-17-15-32)10-11-27(26)37-28(30(33)35)19-23-7-3-2-4-8-23/h2-11,18-20H,12-17,21H2,1H3,(H,31,34)/p+1. The van der Waals surface area contributed by atoms with Crippen LogP contribution in [0.1, 0.15) is 27.0 Å². The number of anilines is 1. The first-order valence-electron chi connectivity index (χ1n) is 12.7. The van der Waals surface area contributed by atoms with Gasteiger partial charge in [-0.25, -0.2) is 0 Å². The van der Waals surface area contributed by atoms with E-state index in [1.54, 1.807) is 4.90 Å². The van der Waals surface area contributed by atoms with Gasteiger partial charge in [0.25, 0.3) is 11.8 Å². The molecule has 0 atom stereocenters. The first kappa shape index (κ1) is 25.3. The molecule has 2 amide bonds. The van der Waals surface area contributed by atoms with E-state index < -0.39 is 0 Å². The van der Waals surface area contributed by atoms with Crippen LogP contribution in [-0.4, -0.2) is 51.2 Å². The van der Waals surface area contributed by atoms with Crippen LogP contribution in [0.25, 0.3) is 6.08 Å². The van der Waals surface area contributed by atoms with Gasteiger partial charge in [0.15, 0.2) is 0 Å². The van der Waals surface area contributed by atoms with E-state index in [0.717, 1.165) is 60.1 Å². The van der Waals surface area contributed by atoms with Gasteiger partial charge < -0.3 is 19.9 Å². The molecular weight excluding hydrogens is 482 g/mol. The van der Waals surface area contributed by atoms with Crippen LogP contribution in [0.4, 0.5) is 5.69 Å². The van der Waals surface area contributed by atoms with Crippen molar-refractivity contribution < 1.29 is 19.2 Å². The quantitative estimate of drug-likeness (QED) is 0.475. The molecule has 0 spiro atoms. The molecule has 0 unspecified atom stereocenters. The maximum absolute atomic E-state index is 13.7. The van der Waals surface area contributed by atoms with Crippen molar-refractivity contribution in [3.63, 3.8) is 0 Å². The van der Waals surface area contributed by atoms with Crippen LogP contribution in [0.3, 0.4) is 0 Å². The van der Waals surface area contributed by atoms with Gasteiger partial charge in [-0.2, -0.15) is 0 Å². The van der Waals surface area contributed by atoms with Gasteiger partial charge >= 0.3 is 0 Å². The number of hydrogen-bond acceptors (Lipinski definition) is 4. The third-order valence-electron chi connectivity index (χ3n) is 6.67. The first-order chi connectivity index (χ1) is 18.1. The molecule has 2 aliphatic heterocycles. The number of thioether (sulfide) groups is 1. The molecule has 2 aliphatic rings. The first-order valence-corrected chi connectivity index (χ1v) is 13.5. The van der Waals surface area contributed by atoms with Crippen LogP contribution in [0.5, 0.6) is 0 Å². The lowest BCUT2D eigenvalue weighted by Crippen LogP contribution is -3.14. The van der Waals surface area contributed by atoms with Crippen molar-refractivity contribution in [3.8, 4) is 0 Å². The number of hydrogen-bond donors (Lipinski definition) is 2. The predicted octanol–water partition coefficient (Wildman–Crippen LogP) is 3.32. The number of nitrogens with one attached hydrogen (secondary N) is 2. The average molecular weight is 515 g/mol. The van der Waals surface area contributed by atoms with Crippen molar-refractivity contribution in [2.45, 2.75) is 18.4 Å². The van der Waals surface area contributed by atoms with Gasteiger partial charge in [0, 0.05) is 10.5 Å². The summed E-state index contributed by atoms with van der Waals surface area (Å²) in [6.45, 7) is 7.46. The highest BCUT2D eigenvalue weighted by molar-refractivity contribution is 8.04. The topological polar surface area (TPSA) is 63.1 Å². The Labute approximate surface area is 222 Å². The Bertz CT molecular complexity index is 1300. The van der Waals surface area contributed by atoms with Crippen molar-refractivity contribution >= 4 is 35.3 Å². The Kier molecular flexibility index (Phi) is 8.04. The van der Waals surface area contributed by atoms with Gasteiger partial charge in [0.2, 0.25) is 0 Å². The van der Waals surface area contributed by atoms with E-state index in [0.29, 0.717) is 23.6 Å². The second-order valence-corrected chi connectivity index (χ2v) is 10.5. The molecule has 0 saturated carbocycles. The number of amides is 2. The minimum absolute atomic E-state index is 0.0589. The van der Waals surface area contributed by atoms with Crippen LogP contribution in [-0.2, 0) is 16.1 Å². The van der Waals surface area contributed by atoms with Crippen LogP contribution in [0.15, 0.2) is 82.6 Å². The largest absolute Gasteiger partial charge is 0.370 e. The van der Waals surface area contributed by atoms with E-state index in [2.05, 4.69) is 11.4 Å². The van der Waals surface area contributed by atoms with Crippen molar-refractivity contribution in [2.24, 2.45) is 0 Å². The van der Waals surface area contributed by atoms with Gasteiger partial charge in [0.05, 0.1) is 43.4 Å². The summed E-state index contributed by atoms with van der Waals surface area (Å²) in [7, 11) is 0. The van der Waals surface area contributed by atoms with Crippen LogP contribution < -0.4 is 15.1 Å². The van der Waals surface area contributed by atoms with E-state index >= 15 is 0 Å². The Morgan fingerprint density at radius 1 is 1.05 bits per heavy atom. The van der Waals surface area contributed by atoms with Gasteiger partial charge in [0.1, 0.15) is 13.1 Å². The Hall–Kier alpha value is -3.39. The SMILES string of the molecule is Cc1cccc(CN2C(=O)C(=Cc3ccccc3)Sc3ccc(C(=O)NCC[NH+]4CCOCC4)cc32)c1. The molecule has 1 fully saturated rings. The van der Waals surface area contributed by atoms with Crippen molar-refractivity contribution in [1.29, 1.82) is 0 Å². The van der Waals surface area contributed by atoms with Gasteiger partial charge in [-0.3, -0.25) is 9.59 Å². The second kappa shape index (κ2) is 11.8. The molecule has 1 saturated heterocycles. The number of fused-ring (bicyclic) bond motifs is 1. The molecule has 0 aliphatic carbocycles. The third-order valence-corrected chi connectivity index (χ3v) is 7.75. The molecule has 0 aromatic heterocycles. The number of benzene rings is 3. The van der Waals surface area contributed by atoms with E-state index in [1.165, 1.54) is 16.7 Å². The number of quaternary nitrogens is 1. The highest BCUT2D eigenvalue weighted by atomic mass is 32.2. The Morgan fingerprint density at radius 2 is 1.86 bits per heavy atom. The smallest absolute Gasteiger partial charge is 0.265 e. The zero-order chi connectivity index (χ0) is 25.6. The number of carbonyl (C=O) groups is 2. The molecule has 2 N–H and O–H groups in total. The molecule has 6 nitrogen and oxygen atoms in total. The lowest BCUT2D eigenvalue weighted by molar-refractivity contribution is -0.906. The number of carbonyl (C=O) groups excluding carboxylic acids is 2. The monoisotopic (exact) mass is 514 g/mol. The fourth-order valence-electron chi connectivity index (χ4n) is 4.67. The minimum atomic E-state index is -0.117. The molecule has 2 heterocycles. The van der Waals surface area contributed by atoms with Gasteiger partial charge in [-0.05, 0) is 42.3 Å². The molecule has 0 bridgehead atoms. The summed E-state index contributed by atoms with van der Waals surface area (Å²) < 4.78 is 5.41. The van der Waals surface area contributed by atoms with Crippen molar-refractivity contribution in [1.82, 2.24) is 5.32 Å². The minimum Gasteiger partial charge on any atom is -0.370 e. The Balaban J connectivity index is 1.40. The fraction of sp³-hybridized carbons (Fsp3) is 0.267. The summed E-state index contributed by atoms with van der Waals surface area (Å²) in [4.78, 5) is 31.6. The summed E-state index contributed by atoms with van der Waals surface area (Å²) in [6, 6.07) is 23.7. The summed E-state index contributed by atoms with van der Waals surface area (Å²) in [5, 5.41) is 3.06. The normalized spacial score (nSPS) is 17.1. The predicted molar refractivity (Wildman–Crippen MR) is 148 cm³/mol. The molecule has 37 heavy (non-hydrogen) atoms. The zero-order valence-electron chi connectivity index (χ0n) is 21.0. The number of ether oxygens (including phenoxy) is 1. The molecule has 5 rings (SSSR count). The van der Waals surface area contributed by atoms with Crippen LogP contribution in [0, 0.1) is 6.92 Å². The zero-order valence-corrected chi connectivity index (χ0v) is 21.9. The average Bonchev–Trinajstić information content (AvgIpc) is 2.92. The molecule has 3 aromatic rings. The molecule has 3 aromatic carbocycles. The number of aryl methyl sites for hydroxylation is 1.